The molecule has 0 spiro atoms. The molecule has 2 rings (SSSR count). The molecule has 124 valence electrons. The van der Waals surface area contributed by atoms with Gasteiger partial charge in [-0.05, 0) is 39.8 Å². The first-order valence-electron chi connectivity index (χ1n) is 8.28. The number of thiazole rings is 1. The molecule has 22 heavy (non-hydrogen) atoms. The van der Waals surface area contributed by atoms with E-state index < -0.39 is 0 Å². The predicted molar refractivity (Wildman–Crippen MR) is 94.6 cm³/mol. The number of aromatic nitrogens is 1. The van der Waals surface area contributed by atoms with E-state index in [4.69, 9.17) is 4.99 Å². The molecule has 0 saturated carbocycles. The highest BCUT2D eigenvalue weighted by atomic mass is 32.1. The smallest absolute Gasteiger partial charge is 0.194 e. The average molecular weight is 324 g/mol. The number of hydrogen-bond donors (Lipinski definition) is 1. The van der Waals surface area contributed by atoms with Crippen molar-refractivity contribution in [2.45, 2.75) is 46.2 Å². The summed E-state index contributed by atoms with van der Waals surface area (Å²) in [5.41, 5.74) is 0. The maximum atomic E-state index is 4.75. The number of hydrogen-bond acceptors (Lipinski definition) is 4. The van der Waals surface area contributed by atoms with Crippen LogP contribution < -0.4 is 5.32 Å². The summed E-state index contributed by atoms with van der Waals surface area (Å²) in [5, 5.41) is 4.48. The zero-order valence-electron chi connectivity index (χ0n) is 14.3. The van der Waals surface area contributed by atoms with Gasteiger partial charge in [0, 0.05) is 37.3 Å². The summed E-state index contributed by atoms with van der Waals surface area (Å²) in [6.07, 6.45) is 4.53. The van der Waals surface area contributed by atoms with Gasteiger partial charge in [0.1, 0.15) is 5.01 Å². The highest BCUT2D eigenvalue weighted by Gasteiger charge is 2.24. The fourth-order valence-corrected chi connectivity index (χ4v) is 3.72. The van der Waals surface area contributed by atoms with Crippen molar-refractivity contribution in [3.8, 4) is 0 Å². The Balaban J connectivity index is 1.96. The van der Waals surface area contributed by atoms with E-state index in [2.05, 4.69) is 47.9 Å². The monoisotopic (exact) mass is 323 g/mol. The summed E-state index contributed by atoms with van der Waals surface area (Å²) in [6, 6.07) is 0.654. The van der Waals surface area contributed by atoms with Crippen LogP contribution in [0.2, 0.25) is 0 Å². The van der Waals surface area contributed by atoms with Crippen LogP contribution in [-0.2, 0) is 6.54 Å². The molecule has 1 N–H and O–H groups in total. The average Bonchev–Trinajstić information content (AvgIpc) is 3.12. The Bertz CT molecular complexity index is 485. The fourth-order valence-electron chi connectivity index (χ4n) is 3.01. The summed E-state index contributed by atoms with van der Waals surface area (Å²) in [4.78, 5) is 15.2. The highest BCUT2D eigenvalue weighted by Crippen LogP contribution is 2.17. The van der Waals surface area contributed by atoms with Gasteiger partial charge in [-0.2, -0.15) is 0 Å². The SMILES string of the molecule is CCNC(=NCc1ncc(C)s1)N(C)CC1CCCN1CC. The molecule has 0 aliphatic carbocycles. The molecule has 1 atom stereocenters. The number of nitrogens with zero attached hydrogens (tertiary/aromatic N) is 4. The molecule has 0 amide bonds. The Morgan fingerprint density at radius 1 is 1.55 bits per heavy atom. The Kier molecular flexibility index (Phi) is 6.64. The molecule has 5 nitrogen and oxygen atoms in total. The third-order valence-electron chi connectivity index (χ3n) is 4.12. The van der Waals surface area contributed by atoms with E-state index in [0.29, 0.717) is 12.6 Å². The molecule has 1 aromatic rings. The Morgan fingerprint density at radius 3 is 3.00 bits per heavy atom. The van der Waals surface area contributed by atoms with Crippen molar-refractivity contribution in [2.24, 2.45) is 4.99 Å². The van der Waals surface area contributed by atoms with Gasteiger partial charge in [0.25, 0.3) is 0 Å². The lowest BCUT2D eigenvalue weighted by Crippen LogP contribution is -2.45. The molecule has 1 fully saturated rings. The molecular formula is C16H29N5S. The zero-order valence-corrected chi connectivity index (χ0v) is 15.1. The number of nitrogens with one attached hydrogen (secondary N) is 1. The minimum Gasteiger partial charge on any atom is -0.357 e. The van der Waals surface area contributed by atoms with Gasteiger partial charge in [-0.1, -0.05) is 6.92 Å². The minimum absolute atomic E-state index is 0.654. The van der Waals surface area contributed by atoms with Crippen molar-refractivity contribution >= 4 is 17.3 Å². The first-order chi connectivity index (χ1) is 10.6. The second kappa shape index (κ2) is 8.48. The Hall–Kier alpha value is -1.14. The Labute approximate surface area is 138 Å². The van der Waals surface area contributed by atoms with E-state index in [9.17, 15) is 0 Å². The molecule has 1 saturated heterocycles. The van der Waals surface area contributed by atoms with Crippen LogP contribution in [0.4, 0.5) is 0 Å². The van der Waals surface area contributed by atoms with Crippen LogP contribution in [0.3, 0.4) is 0 Å². The Morgan fingerprint density at radius 2 is 2.36 bits per heavy atom. The number of aliphatic imine (C=N–C) groups is 1. The molecule has 0 aromatic carbocycles. The number of aryl methyl sites for hydroxylation is 1. The summed E-state index contributed by atoms with van der Waals surface area (Å²) in [5.74, 6) is 0.985. The quantitative estimate of drug-likeness (QED) is 0.645. The minimum atomic E-state index is 0.654. The number of rotatable bonds is 6. The van der Waals surface area contributed by atoms with Gasteiger partial charge in [-0.25, -0.2) is 9.98 Å². The molecule has 6 heteroatoms. The van der Waals surface area contributed by atoms with E-state index in [-0.39, 0.29) is 0 Å². The lowest BCUT2D eigenvalue weighted by Gasteiger charge is -2.29. The maximum Gasteiger partial charge on any atom is 0.194 e. The normalized spacial score (nSPS) is 19.6. The van der Waals surface area contributed by atoms with E-state index in [1.54, 1.807) is 11.3 Å². The van der Waals surface area contributed by atoms with Gasteiger partial charge in [0.2, 0.25) is 0 Å². The van der Waals surface area contributed by atoms with Crippen LogP contribution in [-0.4, -0.2) is 60.0 Å². The number of likely N-dealkylation sites (N-methyl/N-ethyl adjacent to an activating group) is 2. The van der Waals surface area contributed by atoms with E-state index in [1.807, 2.05) is 6.20 Å². The van der Waals surface area contributed by atoms with Crippen molar-refractivity contribution in [2.75, 3.05) is 33.2 Å². The topological polar surface area (TPSA) is 43.8 Å². The van der Waals surface area contributed by atoms with Crippen LogP contribution >= 0.6 is 11.3 Å². The molecule has 1 aromatic heterocycles. The second-order valence-electron chi connectivity index (χ2n) is 5.84. The van der Waals surface area contributed by atoms with Crippen LogP contribution in [0.25, 0.3) is 0 Å². The molecule has 0 bridgehead atoms. The van der Waals surface area contributed by atoms with Crippen molar-refractivity contribution in [1.29, 1.82) is 0 Å². The lowest BCUT2D eigenvalue weighted by atomic mass is 10.2. The van der Waals surface area contributed by atoms with E-state index >= 15 is 0 Å². The van der Waals surface area contributed by atoms with Crippen LogP contribution in [0, 0.1) is 6.92 Å². The highest BCUT2D eigenvalue weighted by molar-refractivity contribution is 7.11. The summed E-state index contributed by atoms with van der Waals surface area (Å²) in [6.45, 7) is 11.4. The summed E-state index contributed by atoms with van der Waals surface area (Å²) in [7, 11) is 2.14. The molecule has 0 radical (unpaired) electrons. The van der Waals surface area contributed by atoms with E-state index in [1.165, 1.54) is 24.3 Å². The third kappa shape index (κ3) is 4.68. The predicted octanol–water partition coefficient (Wildman–Crippen LogP) is 2.33. The van der Waals surface area contributed by atoms with Gasteiger partial charge in [0.05, 0.1) is 6.54 Å². The summed E-state index contributed by atoms with van der Waals surface area (Å²) >= 11 is 1.72. The number of likely N-dealkylation sites (tertiary alicyclic amines) is 1. The van der Waals surface area contributed by atoms with Gasteiger partial charge >= 0.3 is 0 Å². The maximum absolute atomic E-state index is 4.75. The first-order valence-corrected chi connectivity index (χ1v) is 9.10. The fraction of sp³-hybridized carbons (Fsp3) is 0.750. The van der Waals surface area contributed by atoms with Crippen LogP contribution in [0.15, 0.2) is 11.2 Å². The third-order valence-corrected chi connectivity index (χ3v) is 5.02. The van der Waals surface area contributed by atoms with Gasteiger partial charge < -0.3 is 10.2 Å². The second-order valence-corrected chi connectivity index (χ2v) is 7.16. The van der Waals surface area contributed by atoms with Crippen molar-refractivity contribution in [1.82, 2.24) is 20.1 Å². The zero-order chi connectivity index (χ0) is 15.9. The molecule has 1 unspecified atom stereocenters. The molecular weight excluding hydrogens is 294 g/mol. The van der Waals surface area contributed by atoms with Crippen molar-refractivity contribution in [3.63, 3.8) is 0 Å². The summed E-state index contributed by atoms with van der Waals surface area (Å²) < 4.78 is 0. The van der Waals surface area contributed by atoms with Crippen molar-refractivity contribution < 1.29 is 0 Å². The van der Waals surface area contributed by atoms with Gasteiger partial charge in [-0.3, -0.25) is 4.90 Å². The van der Waals surface area contributed by atoms with Crippen LogP contribution in [0.1, 0.15) is 36.6 Å². The van der Waals surface area contributed by atoms with Crippen LogP contribution in [0.5, 0.6) is 0 Å². The lowest BCUT2D eigenvalue weighted by molar-refractivity contribution is 0.232. The van der Waals surface area contributed by atoms with E-state index in [0.717, 1.165) is 30.6 Å². The van der Waals surface area contributed by atoms with Gasteiger partial charge in [0.15, 0.2) is 5.96 Å². The largest absolute Gasteiger partial charge is 0.357 e. The van der Waals surface area contributed by atoms with Gasteiger partial charge in [-0.15, -0.1) is 11.3 Å². The molecule has 2 heterocycles. The van der Waals surface area contributed by atoms with Crippen molar-refractivity contribution in [3.05, 3.63) is 16.1 Å². The first kappa shape index (κ1) is 17.2. The number of guanidine groups is 1. The molecule has 1 aliphatic heterocycles. The standard InChI is InChI=1S/C16H29N5S/c1-5-17-16(19-11-15-18-10-13(3)22-15)20(4)12-14-8-7-9-21(14)6-2/h10,14H,5-9,11-12H2,1-4H3,(H,17,19). The molecule has 1 aliphatic rings.